The largest absolute Gasteiger partial charge is 0.504 e. The molecule has 2 N–H and O–H groups in total. The van der Waals surface area contributed by atoms with E-state index in [9.17, 15) is 29.4 Å². The van der Waals surface area contributed by atoms with Gasteiger partial charge in [0.25, 0.3) is 0 Å². The number of carbonyl (C=O) groups is 6. The van der Waals surface area contributed by atoms with Gasteiger partial charge in [0.15, 0.2) is 57.2 Å². The van der Waals surface area contributed by atoms with Gasteiger partial charge in [0.05, 0.1) is 26.6 Å². The van der Waals surface area contributed by atoms with Gasteiger partial charge in [-0.2, -0.15) is 0 Å². The maximum atomic E-state index is 15.5. The van der Waals surface area contributed by atoms with E-state index in [-0.39, 0.29) is 51.1 Å². The van der Waals surface area contributed by atoms with Crippen LogP contribution in [0.25, 0.3) is 0 Å². The number of rotatable bonds is 8. The topological polar surface area (TPSA) is 168 Å². The van der Waals surface area contributed by atoms with Crippen LogP contribution in [0.2, 0.25) is 0 Å². The predicted molar refractivity (Wildman–Crippen MR) is 218 cm³/mol. The number of methoxy groups -OCH3 is 2. The number of phenols is 2. The normalized spacial score (nSPS) is 27.4. The summed E-state index contributed by atoms with van der Waals surface area (Å²) < 4.78 is 10.8. The van der Waals surface area contributed by atoms with E-state index in [2.05, 4.69) is 0 Å². The minimum absolute atomic E-state index is 0.0894. The van der Waals surface area contributed by atoms with Gasteiger partial charge in [0, 0.05) is 75.4 Å². The number of Topliss-reactive ketones (excluding diaryl/α,β-unsaturated/α-hetero) is 6. The van der Waals surface area contributed by atoms with Crippen LogP contribution in [0, 0.1) is 11.8 Å². The average molecular weight is 831 g/mol. The van der Waals surface area contributed by atoms with Crippen LogP contribution in [0.5, 0.6) is 23.0 Å². The molecular formula is C45H38N2O10S2. The molecule has 2 spiro atoms. The molecule has 6 aliphatic rings. The van der Waals surface area contributed by atoms with Gasteiger partial charge in [-0.05, 0) is 35.4 Å². The van der Waals surface area contributed by atoms with Crippen LogP contribution in [-0.2, 0) is 9.59 Å². The van der Waals surface area contributed by atoms with Gasteiger partial charge in [-0.15, -0.1) is 23.5 Å². The lowest BCUT2D eigenvalue weighted by molar-refractivity contribution is -0.132. The Morgan fingerprint density at radius 1 is 0.644 bits per heavy atom. The van der Waals surface area contributed by atoms with Crippen molar-refractivity contribution >= 4 is 58.2 Å². The second-order valence-corrected chi connectivity index (χ2v) is 18.0. The van der Waals surface area contributed by atoms with Crippen molar-refractivity contribution in [1.82, 2.24) is 9.80 Å². The number of ketones is 6. The molecule has 6 unspecified atom stereocenters. The first kappa shape index (κ1) is 38.0. The highest BCUT2D eigenvalue weighted by Gasteiger charge is 2.74. The molecule has 300 valence electrons. The molecule has 14 heteroatoms. The Balaban J connectivity index is 1.12. The zero-order valence-electron chi connectivity index (χ0n) is 32.0. The quantitative estimate of drug-likeness (QED) is 0.224. The fourth-order valence-corrected chi connectivity index (χ4v) is 14.0. The zero-order valence-corrected chi connectivity index (χ0v) is 33.6. The Hall–Kier alpha value is -5.28. The molecule has 6 atom stereocenters. The van der Waals surface area contributed by atoms with E-state index in [4.69, 9.17) is 9.47 Å². The second kappa shape index (κ2) is 13.6. The Kier molecular flexibility index (Phi) is 8.77. The summed E-state index contributed by atoms with van der Waals surface area (Å²) >= 11 is 3.03. The van der Waals surface area contributed by atoms with Crippen LogP contribution >= 0.6 is 23.5 Å². The number of ether oxygens (including phenoxy) is 2. The van der Waals surface area contributed by atoms with Crippen molar-refractivity contribution in [1.29, 1.82) is 0 Å². The smallest absolute Gasteiger partial charge is 0.192 e. The molecule has 59 heavy (non-hydrogen) atoms. The Morgan fingerprint density at radius 2 is 1.17 bits per heavy atom. The summed E-state index contributed by atoms with van der Waals surface area (Å²) in [6.45, 7) is 0. The molecule has 4 saturated heterocycles. The fraction of sp³-hybridized carbons (Fsp3) is 0.333. The van der Waals surface area contributed by atoms with E-state index in [1.54, 1.807) is 84.6 Å². The summed E-state index contributed by atoms with van der Waals surface area (Å²) in [5.74, 6) is -5.83. The van der Waals surface area contributed by atoms with Gasteiger partial charge in [0.2, 0.25) is 0 Å². The summed E-state index contributed by atoms with van der Waals surface area (Å²) in [7, 11) is 2.80. The van der Waals surface area contributed by atoms with E-state index in [1.807, 2.05) is 9.80 Å². The summed E-state index contributed by atoms with van der Waals surface area (Å²) in [5.41, 5.74) is -1.89. The molecule has 0 bridgehead atoms. The third-order valence-corrected chi connectivity index (χ3v) is 15.7. The lowest BCUT2D eigenvalue weighted by atomic mass is 9.67. The van der Waals surface area contributed by atoms with Crippen LogP contribution in [0.3, 0.4) is 0 Å². The molecule has 0 aromatic heterocycles. The van der Waals surface area contributed by atoms with Crippen molar-refractivity contribution in [2.45, 2.75) is 41.4 Å². The number of carbonyl (C=O) groups excluding carboxylic acids is 6. The number of phenolic OH excluding ortho intramolecular Hbond substituents is 2. The third-order valence-electron chi connectivity index (χ3n) is 13.6. The number of hydrogen-bond donors (Lipinski definition) is 2. The van der Waals surface area contributed by atoms with Crippen molar-refractivity contribution in [3.63, 3.8) is 0 Å². The van der Waals surface area contributed by atoms with Gasteiger partial charge < -0.3 is 19.7 Å². The molecule has 10 rings (SSSR count). The molecule has 2 aliphatic carbocycles. The molecule has 4 aliphatic heterocycles. The van der Waals surface area contributed by atoms with Crippen LogP contribution in [0.15, 0.2) is 84.9 Å². The molecule has 4 heterocycles. The number of nitrogens with zero attached hydrogens (tertiary/aromatic N) is 2. The predicted octanol–water partition coefficient (Wildman–Crippen LogP) is 5.16. The Morgan fingerprint density at radius 3 is 1.73 bits per heavy atom. The number of hydrogen-bond acceptors (Lipinski definition) is 14. The third kappa shape index (κ3) is 4.88. The van der Waals surface area contributed by atoms with Crippen molar-refractivity contribution < 1.29 is 48.5 Å². The van der Waals surface area contributed by atoms with Gasteiger partial charge >= 0.3 is 0 Å². The highest BCUT2D eigenvalue weighted by Crippen LogP contribution is 2.61. The highest BCUT2D eigenvalue weighted by molar-refractivity contribution is 7.99. The average Bonchev–Trinajstić information content (AvgIpc) is 4.08. The van der Waals surface area contributed by atoms with Crippen LogP contribution in [0.4, 0.5) is 0 Å². The minimum atomic E-state index is -1.94. The van der Waals surface area contributed by atoms with E-state index >= 15 is 9.59 Å². The molecule has 0 radical (unpaired) electrons. The van der Waals surface area contributed by atoms with E-state index < -0.39 is 88.0 Å². The van der Waals surface area contributed by atoms with Crippen LogP contribution in [-0.4, -0.2) is 115 Å². The Bertz CT molecular complexity index is 2490. The van der Waals surface area contributed by atoms with Crippen molar-refractivity contribution in [3.05, 3.63) is 118 Å². The van der Waals surface area contributed by atoms with Crippen LogP contribution in [0.1, 0.15) is 70.8 Å². The number of aromatic hydroxyl groups is 2. The van der Waals surface area contributed by atoms with Crippen molar-refractivity contribution in [2.75, 3.05) is 37.5 Å². The molecule has 4 aromatic carbocycles. The molecule has 0 saturated carbocycles. The summed E-state index contributed by atoms with van der Waals surface area (Å²) in [4.78, 5) is 94.1. The van der Waals surface area contributed by atoms with E-state index in [1.165, 1.54) is 38.1 Å². The number of benzene rings is 4. The molecule has 12 nitrogen and oxygen atoms in total. The number of thioether (sulfide) groups is 2. The highest BCUT2D eigenvalue weighted by atomic mass is 32.2. The summed E-state index contributed by atoms with van der Waals surface area (Å²) in [5, 5.41) is 21.6. The zero-order chi connectivity index (χ0) is 41.1. The monoisotopic (exact) mass is 830 g/mol. The Labute approximate surface area is 347 Å². The SMILES string of the molecule is COc1ccc(C2C3CSCN3C3(C(=O)c4ccccc4C3=O)C2C(=O)CC(=O)C2C3CSCN3C3(C(=O)c4ccccc4C3=O)C2c2ccc(O)c(OC)c2)cc1O. The molecule has 4 aromatic rings. The first-order valence-electron chi connectivity index (χ1n) is 19.4. The van der Waals surface area contributed by atoms with Crippen molar-refractivity contribution in [2.24, 2.45) is 11.8 Å². The minimum Gasteiger partial charge on any atom is -0.504 e. The lowest BCUT2D eigenvalue weighted by Gasteiger charge is -2.36. The van der Waals surface area contributed by atoms with E-state index in [0.717, 1.165) is 0 Å². The maximum Gasteiger partial charge on any atom is 0.192 e. The first-order chi connectivity index (χ1) is 28.5. The summed E-state index contributed by atoms with van der Waals surface area (Å²) in [6, 6.07) is 21.4. The second-order valence-electron chi connectivity index (χ2n) is 16.0. The molecule has 4 fully saturated rings. The first-order valence-corrected chi connectivity index (χ1v) is 21.7. The van der Waals surface area contributed by atoms with Crippen LogP contribution < -0.4 is 9.47 Å². The standard InChI is InChI=1S/C45H38N2O10S2/c1-56-34-14-12-22(15-31(34)49)36-28-18-58-20-46(28)45(42(54)26-9-5-6-10-27(26)43(45)55)39(36)33(51)17-32(50)37-29-19-59-21-47(29)44(38(37)23-11-13-30(48)35(16-23)57-2)40(52)24-7-3-4-8-25(24)41(44)53/h3-16,28-29,36-39,48-49H,17-21H2,1-2H3. The van der Waals surface area contributed by atoms with Crippen molar-refractivity contribution in [3.8, 4) is 23.0 Å². The summed E-state index contributed by atoms with van der Waals surface area (Å²) in [6.07, 6.45) is -0.688. The lowest BCUT2D eigenvalue weighted by Crippen LogP contribution is -2.59. The molecule has 0 amide bonds. The van der Waals surface area contributed by atoms with Gasteiger partial charge in [-0.3, -0.25) is 38.6 Å². The molecular weight excluding hydrogens is 793 g/mol. The number of fused-ring (bicyclic) bond motifs is 6. The van der Waals surface area contributed by atoms with Gasteiger partial charge in [-0.25, -0.2) is 0 Å². The van der Waals surface area contributed by atoms with Gasteiger partial charge in [-0.1, -0.05) is 60.7 Å². The fourth-order valence-electron chi connectivity index (χ4n) is 11.3. The van der Waals surface area contributed by atoms with Gasteiger partial charge in [0.1, 0.15) is 11.6 Å². The van der Waals surface area contributed by atoms with E-state index in [0.29, 0.717) is 28.5 Å². The maximum absolute atomic E-state index is 15.5.